The largest absolute Gasteiger partial charge is 0.381 e. The van der Waals surface area contributed by atoms with Crippen molar-refractivity contribution < 1.29 is 14.3 Å². The van der Waals surface area contributed by atoms with E-state index in [1.165, 1.54) is 0 Å². The Kier molecular flexibility index (Phi) is 9.91. The van der Waals surface area contributed by atoms with Crippen LogP contribution in [0.2, 0.25) is 5.02 Å². The molecule has 0 saturated carbocycles. The standard InChI is InChI=1S/C34H41ClN8O3/c1-22(29-6-4-7-30(39-29)42-13-5-12-41(3)14-15-42)19-36-32(44)23(2)43-21-25-9-8-24(18-27(25)33(43)45)31-28(35)20-37-34(40-31)38-26-10-16-46-17-11-26/h4,6-9,18-20,22-23,26H,5,10-17,21H2,1-3H3,(H,37,38,40)/t22?,23-/m1/s1. The SMILES string of the molecule is CC(C=NC(=O)[C@@H](C)N1Cc2ccc(-c3nc(NC4CCOCC4)ncc3Cl)cc2C1=O)c1cccc(N2CCCN(C)CC2)n1. The fraction of sp³-hybridized carbons (Fsp3) is 0.471. The van der Waals surface area contributed by atoms with Gasteiger partial charge in [0.15, 0.2) is 0 Å². The Hall–Kier alpha value is -3.93. The van der Waals surface area contributed by atoms with E-state index in [1.54, 1.807) is 30.3 Å². The molecule has 6 rings (SSSR count). The highest BCUT2D eigenvalue weighted by molar-refractivity contribution is 6.33. The van der Waals surface area contributed by atoms with E-state index < -0.39 is 6.04 Å². The van der Waals surface area contributed by atoms with Gasteiger partial charge in [-0.3, -0.25) is 9.59 Å². The summed E-state index contributed by atoms with van der Waals surface area (Å²) >= 11 is 6.51. The summed E-state index contributed by atoms with van der Waals surface area (Å²) in [6, 6.07) is 11.1. The van der Waals surface area contributed by atoms with Crippen molar-refractivity contribution in [2.45, 2.75) is 57.7 Å². The van der Waals surface area contributed by atoms with Gasteiger partial charge >= 0.3 is 0 Å². The first-order valence-corrected chi connectivity index (χ1v) is 16.4. The van der Waals surface area contributed by atoms with E-state index >= 15 is 0 Å². The molecular formula is C34H41ClN8O3. The van der Waals surface area contributed by atoms with Crippen LogP contribution in [-0.4, -0.2) is 101 Å². The van der Waals surface area contributed by atoms with Crippen molar-refractivity contribution in [3.8, 4) is 11.3 Å². The number of benzene rings is 1. The summed E-state index contributed by atoms with van der Waals surface area (Å²) in [7, 11) is 2.15. The summed E-state index contributed by atoms with van der Waals surface area (Å²) < 4.78 is 5.44. The lowest BCUT2D eigenvalue weighted by Crippen LogP contribution is -2.38. The van der Waals surface area contributed by atoms with Crippen LogP contribution in [0.5, 0.6) is 0 Å². The number of likely N-dealkylation sites (N-methyl/N-ethyl adjacent to an activating group) is 1. The Balaban J connectivity index is 1.11. The lowest BCUT2D eigenvalue weighted by Gasteiger charge is -2.23. The maximum absolute atomic E-state index is 13.5. The van der Waals surface area contributed by atoms with Crippen molar-refractivity contribution in [1.82, 2.24) is 24.8 Å². The predicted molar refractivity (Wildman–Crippen MR) is 180 cm³/mol. The number of hydrogen-bond acceptors (Lipinski definition) is 9. The minimum absolute atomic E-state index is 0.164. The first-order chi connectivity index (χ1) is 22.3. The van der Waals surface area contributed by atoms with E-state index in [9.17, 15) is 9.59 Å². The molecule has 1 unspecified atom stereocenters. The third-order valence-electron chi connectivity index (χ3n) is 9.03. The van der Waals surface area contributed by atoms with Crippen LogP contribution in [0, 0.1) is 0 Å². The number of pyridine rings is 1. The third kappa shape index (κ3) is 7.22. The Morgan fingerprint density at radius 1 is 1.11 bits per heavy atom. The number of ether oxygens (including phenoxy) is 1. The van der Waals surface area contributed by atoms with Gasteiger partial charge in [-0.1, -0.05) is 36.7 Å². The maximum atomic E-state index is 13.5. The number of anilines is 2. The van der Waals surface area contributed by atoms with Gasteiger partial charge in [0.2, 0.25) is 5.95 Å². The summed E-state index contributed by atoms with van der Waals surface area (Å²) in [5, 5.41) is 3.77. The molecule has 0 bridgehead atoms. The average Bonchev–Trinajstić information content (AvgIpc) is 3.24. The number of carbonyl (C=O) groups is 2. The van der Waals surface area contributed by atoms with Crippen molar-refractivity contribution in [3.05, 3.63) is 64.4 Å². The topological polar surface area (TPSA) is 116 Å². The van der Waals surface area contributed by atoms with Gasteiger partial charge in [-0.25, -0.2) is 19.9 Å². The first kappa shape index (κ1) is 32.0. The molecule has 3 aliphatic rings. The summed E-state index contributed by atoms with van der Waals surface area (Å²) in [6.45, 7) is 9.41. The van der Waals surface area contributed by atoms with Gasteiger partial charge in [-0.15, -0.1) is 0 Å². The second-order valence-corrected chi connectivity index (χ2v) is 12.8. The number of hydrogen-bond donors (Lipinski definition) is 1. The van der Waals surface area contributed by atoms with E-state index in [0.717, 1.165) is 62.5 Å². The van der Waals surface area contributed by atoms with Crippen LogP contribution in [0.3, 0.4) is 0 Å². The summed E-state index contributed by atoms with van der Waals surface area (Å²) in [4.78, 5) is 51.2. The van der Waals surface area contributed by atoms with E-state index in [2.05, 4.69) is 37.1 Å². The van der Waals surface area contributed by atoms with Gasteiger partial charge < -0.3 is 24.8 Å². The quantitative estimate of drug-likeness (QED) is 0.349. The lowest BCUT2D eigenvalue weighted by atomic mass is 10.0. The molecular weight excluding hydrogens is 604 g/mol. The highest BCUT2D eigenvalue weighted by atomic mass is 35.5. The number of nitrogens with zero attached hydrogens (tertiary/aromatic N) is 7. The van der Waals surface area contributed by atoms with Gasteiger partial charge in [0.1, 0.15) is 11.9 Å². The van der Waals surface area contributed by atoms with Crippen LogP contribution in [-0.2, 0) is 16.1 Å². The lowest BCUT2D eigenvalue weighted by molar-refractivity contribution is -0.121. The molecule has 2 saturated heterocycles. The fourth-order valence-electron chi connectivity index (χ4n) is 6.09. The molecule has 11 nitrogen and oxygen atoms in total. The van der Waals surface area contributed by atoms with Crippen molar-refractivity contribution in [1.29, 1.82) is 0 Å². The number of halogens is 1. The van der Waals surface area contributed by atoms with Crippen LogP contribution >= 0.6 is 11.6 Å². The summed E-state index contributed by atoms with van der Waals surface area (Å²) in [5.41, 5.74) is 3.49. The average molecular weight is 645 g/mol. The smallest absolute Gasteiger partial charge is 0.267 e. The number of aromatic nitrogens is 3. The number of fused-ring (bicyclic) bond motifs is 1. The molecule has 1 aromatic carbocycles. The summed E-state index contributed by atoms with van der Waals surface area (Å²) in [6.07, 6.45) is 6.06. The fourth-order valence-corrected chi connectivity index (χ4v) is 6.30. The zero-order chi connectivity index (χ0) is 32.2. The van der Waals surface area contributed by atoms with Crippen LogP contribution in [0.1, 0.15) is 60.6 Å². The third-order valence-corrected chi connectivity index (χ3v) is 9.31. The zero-order valence-corrected chi connectivity index (χ0v) is 27.4. The zero-order valence-electron chi connectivity index (χ0n) is 26.7. The van der Waals surface area contributed by atoms with Gasteiger partial charge in [0.25, 0.3) is 11.8 Å². The van der Waals surface area contributed by atoms with Crippen LogP contribution in [0.15, 0.2) is 47.6 Å². The molecule has 3 aromatic rings. The number of carbonyl (C=O) groups excluding carboxylic acids is 2. The number of aliphatic imine (C=N–C) groups is 1. The minimum Gasteiger partial charge on any atom is -0.381 e. The van der Waals surface area contributed by atoms with E-state index in [1.807, 2.05) is 37.3 Å². The molecule has 0 aliphatic carbocycles. The molecule has 3 aliphatic heterocycles. The Morgan fingerprint density at radius 3 is 2.76 bits per heavy atom. The normalized spacial score (nSPS) is 19.3. The number of nitrogens with one attached hydrogen (secondary N) is 1. The van der Waals surface area contributed by atoms with Crippen molar-refractivity contribution in [2.24, 2.45) is 4.99 Å². The maximum Gasteiger partial charge on any atom is 0.267 e. The Morgan fingerprint density at radius 2 is 1.93 bits per heavy atom. The van der Waals surface area contributed by atoms with Crippen molar-refractivity contribution in [2.75, 3.05) is 56.7 Å². The highest BCUT2D eigenvalue weighted by Crippen LogP contribution is 2.32. The van der Waals surface area contributed by atoms with Gasteiger partial charge in [0, 0.05) is 68.7 Å². The Labute approximate surface area is 275 Å². The van der Waals surface area contributed by atoms with E-state index in [4.69, 9.17) is 21.3 Å². The van der Waals surface area contributed by atoms with Crippen molar-refractivity contribution >= 4 is 41.4 Å². The monoisotopic (exact) mass is 644 g/mol. The van der Waals surface area contributed by atoms with Crippen molar-refractivity contribution in [3.63, 3.8) is 0 Å². The molecule has 46 heavy (non-hydrogen) atoms. The van der Waals surface area contributed by atoms with E-state index in [-0.39, 0.29) is 23.8 Å². The second-order valence-electron chi connectivity index (χ2n) is 12.4. The summed E-state index contributed by atoms with van der Waals surface area (Å²) in [5.74, 6) is 0.681. The molecule has 0 spiro atoms. The molecule has 0 radical (unpaired) electrons. The van der Waals surface area contributed by atoms with Gasteiger partial charge in [-0.05, 0) is 63.5 Å². The molecule has 12 heteroatoms. The van der Waals surface area contributed by atoms with Gasteiger partial charge in [0.05, 0.1) is 22.6 Å². The number of amides is 2. The minimum atomic E-state index is -0.724. The van der Waals surface area contributed by atoms with Crippen LogP contribution in [0.25, 0.3) is 11.3 Å². The van der Waals surface area contributed by atoms with Crippen LogP contribution in [0.4, 0.5) is 11.8 Å². The molecule has 1 N–H and O–H groups in total. The molecule has 2 aromatic heterocycles. The second kappa shape index (κ2) is 14.2. The molecule has 2 fully saturated rings. The predicted octanol–water partition coefficient (Wildman–Crippen LogP) is 4.67. The molecule has 2 atom stereocenters. The highest BCUT2D eigenvalue weighted by Gasteiger charge is 2.34. The van der Waals surface area contributed by atoms with E-state index in [0.29, 0.717) is 47.6 Å². The molecule has 5 heterocycles. The van der Waals surface area contributed by atoms with Gasteiger partial charge in [-0.2, -0.15) is 0 Å². The van der Waals surface area contributed by atoms with Crippen LogP contribution < -0.4 is 10.2 Å². The Bertz CT molecular complexity index is 1610. The first-order valence-electron chi connectivity index (χ1n) is 16.1. The number of rotatable bonds is 8. The molecule has 242 valence electrons. The molecule has 2 amide bonds.